The first kappa shape index (κ1) is 24.6. The molecule has 4 nitrogen and oxygen atoms in total. The van der Waals surface area contributed by atoms with Crippen molar-refractivity contribution in [1.82, 2.24) is 0 Å². The van der Waals surface area contributed by atoms with Gasteiger partial charge in [0.1, 0.15) is 6.61 Å². The number of unbranched alkanes of at least 4 members (excludes halogenated alkanes) is 1. The molecule has 0 radical (unpaired) electrons. The Bertz CT molecular complexity index is 783. The highest BCUT2D eigenvalue weighted by Crippen LogP contribution is 2.25. The molecule has 0 saturated heterocycles. The smallest absolute Gasteiger partial charge is 0.309 e. The number of aryl methyl sites for hydroxylation is 1. The summed E-state index contributed by atoms with van der Waals surface area (Å²) in [7, 11) is 0. The molecule has 2 aromatic rings. The molecule has 2 rings (SSSR count). The highest BCUT2D eigenvalue weighted by Gasteiger charge is 2.24. The van der Waals surface area contributed by atoms with Crippen molar-refractivity contribution in [3.8, 4) is 0 Å². The predicted molar refractivity (Wildman–Crippen MR) is 124 cm³/mol. The maximum absolute atomic E-state index is 12.7. The maximum Gasteiger partial charge on any atom is 0.309 e. The summed E-state index contributed by atoms with van der Waals surface area (Å²) in [4.78, 5) is 23.8. The van der Waals surface area contributed by atoms with E-state index in [4.69, 9.17) is 9.84 Å². The molecule has 2 aromatic carbocycles. The molecule has 1 N–H and O–H groups in total. The highest BCUT2D eigenvalue weighted by atomic mass is 16.5. The lowest BCUT2D eigenvalue weighted by atomic mass is 9.85. The van der Waals surface area contributed by atoms with Gasteiger partial charge in [-0.05, 0) is 61.1 Å². The average Bonchev–Trinajstić information content (AvgIpc) is 2.79. The summed E-state index contributed by atoms with van der Waals surface area (Å²) in [6, 6.07) is 18.3. The summed E-state index contributed by atoms with van der Waals surface area (Å²) in [6.45, 7) is 4.46. The van der Waals surface area contributed by atoms with Crippen LogP contribution in [0.1, 0.15) is 69.1 Å². The van der Waals surface area contributed by atoms with E-state index >= 15 is 0 Å². The van der Waals surface area contributed by atoms with Gasteiger partial charge in [-0.3, -0.25) is 9.59 Å². The predicted octanol–water partition coefficient (Wildman–Crippen LogP) is 6.21. The topological polar surface area (TPSA) is 63.6 Å². The summed E-state index contributed by atoms with van der Waals surface area (Å²) in [5.74, 6) is -1.07. The van der Waals surface area contributed by atoms with Crippen molar-refractivity contribution in [3.63, 3.8) is 0 Å². The molecule has 2 unspecified atom stereocenters. The van der Waals surface area contributed by atoms with Crippen LogP contribution in [-0.4, -0.2) is 17.0 Å². The lowest BCUT2D eigenvalue weighted by Crippen LogP contribution is -2.22. The van der Waals surface area contributed by atoms with Gasteiger partial charge in [0.05, 0.1) is 5.92 Å². The van der Waals surface area contributed by atoms with Crippen LogP contribution in [0.25, 0.3) is 0 Å². The number of ether oxygens (including phenoxy) is 1. The van der Waals surface area contributed by atoms with Gasteiger partial charge in [0.25, 0.3) is 0 Å². The molecule has 0 spiro atoms. The molecule has 0 heterocycles. The summed E-state index contributed by atoms with van der Waals surface area (Å²) < 4.78 is 5.62. The standard InChI is InChI=1S/C27H36O4/c1-3-5-9-21-12-14-23(15-13-21)20-31-27(30)25(4-2)19-24(16-17-26(28)29)18-22-10-7-6-8-11-22/h6-8,10-15,24-25H,3-5,9,16-20H2,1-2H3,(H,28,29). The molecule has 0 aliphatic heterocycles. The minimum absolute atomic E-state index is 0.118. The van der Waals surface area contributed by atoms with Crippen molar-refractivity contribution in [3.05, 3.63) is 71.3 Å². The van der Waals surface area contributed by atoms with Crippen LogP contribution in [0.3, 0.4) is 0 Å². The fraction of sp³-hybridized carbons (Fsp3) is 0.481. The fourth-order valence-electron chi connectivity index (χ4n) is 3.87. The van der Waals surface area contributed by atoms with Crippen LogP contribution >= 0.6 is 0 Å². The van der Waals surface area contributed by atoms with Gasteiger partial charge in [0.15, 0.2) is 0 Å². The van der Waals surface area contributed by atoms with Crippen molar-refractivity contribution >= 4 is 11.9 Å². The minimum Gasteiger partial charge on any atom is -0.481 e. The highest BCUT2D eigenvalue weighted by molar-refractivity contribution is 5.72. The number of esters is 1. The summed E-state index contributed by atoms with van der Waals surface area (Å²) >= 11 is 0. The largest absolute Gasteiger partial charge is 0.481 e. The Morgan fingerprint density at radius 3 is 2.23 bits per heavy atom. The van der Waals surface area contributed by atoms with Gasteiger partial charge in [-0.1, -0.05) is 74.9 Å². The Hall–Kier alpha value is -2.62. The van der Waals surface area contributed by atoms with E-state index in [9.17, 15) is 9.59 Å². The lowest BCUT2D eigenvalue weighted by molar-refractivity contribution is -0.150. The van der Waals surface area contributed by atoms with Gasteiger partial charge < -0.3 is 9.84 Å². The molecule has 0 saturated carbocycles. The average molecular weight is 425 g/mol. The zero-order valence-corrected chi connectivity index (χ0v) is 18.9. The summed E-state index contributed by atoms with van der Waals surface area (Å²) in [6.07, 6.45) is 6.22. The number of carbonyl (C=O) groups is 2. The van der Waals surface area contributed by atoms with Gasteiger partial charge in [0.2, 0.25) is 0 Å². The molecule has 2 atom stereocenters. The van der Waals surface area contributed by atoms with E-state index in [-0.39, 0.29) is 30.8 Å². The summed E-state index contributed by atoms with van der Waals surface area (Å²) in [5, 5.41) is 9.11. The Labute approximate surface area is 186 Å². The fourth-order valence-corrected chi connectivity index (χ4v) is 3.87. The van der Waals surface area contributed by atoms with E-state index in [0.717, 1.165) is 18.4 Å². The third kappa shape index (κ3) is 9.37. The SMILES string of the molecule is CCCCc1ccc(COC(=O)C(CC)CC(CCC(=O)O)Cc2ccccc2)cc1. The van der Waals surface area contributed by atoms with Gasteiger partial charge in [-0.2, -0.15) is 0 Å². The number of benzene rings is 2. The molecule has 168 valence electrons. The van der Waals surface area contributed by atoms with Crippen molar-refractivity contribution < 1.29 is 19.4 Å². The number of carboxylic acids is 1. The number of rotatable bonds is 14. The van der Waals surface area contributed by atoms with E-state index in [1.165, 1.54) is 24.0 Å². The Kier molecular flexibility index (Phi) is 10.8. The third-order valence-electron chi connectivity index (χ3n) is 5.80. The molecule has 31 heavy (non-hydrogen) atoms. The van der Waals surface area contributed by atoms with Gasteiger partial charge in [-0.25, -0.2) is 0 Å². The normalized spacial score (nSPS) is 12.8. The number of hydrogen-bond donors (Lipinski definition) is 1. The van der Waals surface area contributed by atoms with Gasteiger partial charge in [-0.15, -0.1) is 0 Å². The van der Waals surface area contributed by atoms with E-state index in [2.05, 4.69) is 31.2 Å². The minimum atomic E-state index is -0.795. The second kappa shape index (κ2) is 13.6. The second-order valence-electron chi connectivity index (χ2n) is 8.36. The third-order valence-corrected chi connectivity index (χ3v) is 5.80. The molecule has 0 aliphatic rings. The summed E-state index contributed by atoms with van der Waals surface area (Å²) in [5.41, 5.74) is 3.48. The van der Waals surface area contributed by atoms with Crippen LogP contribution < -0.4 is 0 Å². The van der Waals surface area contributed by atoms with Crippen molar-refractivity contribution in [2.24, 2.45) is 11.8 Å². The first-order valence-electron chi connectivity index (χ1n) is 11.5. The van der Waals surface area contributed by atoms with Crippen molar-refractivity contribution in [2.75, 3.05) is 0 Å². The van der Waals surface area contributed by atoms with Crippen LogP contribution in [0, 0.1) is 11.8 Å². The van der Waals surface area contributed by atoms with Crippen molar-refractivity contribution in [2.45, 2.75) is 71.8 Å². The zero-order chi connectivity index (χ0) is 22.5. The number of hydrogen-bond acceptors (Lipinski definition) is 3. The van der Waals surface area contributed by atoms with Gasteiger partial charge in [0, 0.05) is 6.42 Å². The Morgan fingerprint density at radius 2 is 1.61 bits per heavy atom. The van der Waals surface area contributed by atoms with E-state index < -0.39 is 5.97 Å². The van der Waals surface area contributed by atoms with Crippen LogP contribution in [0.2, 0.25) is 0 Å². The lowest BCUT2D eigenvalue weighted by Gasteiger charge is -2.22. The monoisotopic (exact) mass is 424 g/mol. The number of carbonyl (C=O) groups excluding carboxylic acids is 1. The number of carboxylic acid groups (broad SMARTS) is 1. The molecule has 0 fully saturated rings. The Morgan fingerprint density at radius 1 is 0.935 bits per heavy atom. The molecule has 0 amide bonds. The first-order chi connectivity index (χ1) is 15.0. The van der Waals surface area contributed by atoms with Crippen LogP contribution in [0.4, 0.5) is 0 Å². The molecule has 4 heteroatoms. The first-order valence-corrected chi connectivity index (χ1v) is 11.5. The molecular weight excluding hydrogens is 388 g/mol. The maximum atomic E-state index is 12.7. The molecule has 0 aromatic heterocycles. The zero-order valence-electron chi connectivity index (χ0n) is 18.9. The van der Waals surface area contributed by atoms with Crippen molar-refractivity contribution in [1.29, 1.82) is 0 Å². The molecular formula is C27H36O4. The van der Waals surface area contributed by atoms with E-state index in [0.29, 0.717) is 19.3 Å². The van der Waals surface area contributed by atoms with E-state index in [1.807, 2.05) is 37.3 Å². The molecule has 0 aliphatic carbocycles. The second-order valence-corrected chi connectivity index (χ2v) is 8.36. The van der Waals surface area contributed by atoms with Crippen LogP contribution in [-0.2, 0) is 33.8 Å². The van der Waals surface area contributed by atoms with Gasteiger partial charge >= 0.3 is 11.9 Å². The quantitative estimate of drug-likeness (QED) is 0.366. The van der Waals surface area contributed by atoms with E-state index in [1.54, 1.807) is 0 Å². The molecule has 0 bridgehead atoms. The Balaban J connectivity index is 1.92. The van der Waals surface area contributed by atoms with Crippen LogP contribution in [0.5, 0.6) is 0 Å². The van der Waals surface area contributed by atoms with Crippen LogP contribution in [0.15, 0.2) is 54.6 Å². The number of aliphatic carboxylic acids is 1.